The van der Waals surface area contributed by atoms with E-state index < -0.39 is 10.0 Å². The molecule has 0 bridgehead atoms. The highest BCUT2D eigenvalue weighted by atomic mass is 32.2. The summed E-state index contributed by atoms with van der Waals surface area (Å²) in [4.78, 5) is 3.97. The molecule has 7 nitrogen and oxygen atoms in total. The summed E-state index contributed by atoms with van der Waals surface area (Å²) in [6.07, 6.45) is 1.35. The number of nitrogens with two attached hydrogens (primary N) is 1. The van der Waals surface area contributed by atoms with Gasteiger partial charge in [-0.1, -0.05) is 0 Å². The third-order valence-corrected chi connectivity index (χ3v) is 4.31. The molecule has 0 saturated carbocycles. The Morgan fingerprint density at radius 2 is 2.24 bits per heavy atom. The third kappa shape index (κ3) is 2.39. The topological polar surface area (TPSA) is 103 Å². The van der Waals surface area contributed by atoms with Crippen LogP contribution in [0.1, 0.15) is 5.69 Å². The minimum absolute atomic E-state index is 0.0340. The predicted molar refractivity (Wildman–Crippen MR) is 65.3 cm³/mol. The average molecular weight is 273 g/mol. The first-order chi connectivity index (χ1) is 7.88. The second-order valence-electron chi connectivity index (χ2n) is 3.45. The van der Waals surface area contributed by atoms with Gasteiger partial charge in [-0.3, -0.25) is 9.40 Å². The fourth-order valence-corrected chi connectivity index (χ4v) is 3.31. The Balaban J connectivity index is 2.34. The number of nitrogen functional groups attached to an aromatic ring is 1. The largest absolute Gasteiger partial charge is 0.381 e. The second kappa shape index (κ2) is 4.00. The number of nitrogens with one attached hydrogen (secondary N) is 1. The van der Waals surface area contributed by atoms with Crippen LogP contribution < -0.4 is 10.5 Å². The Kier molecular flexibility index (Phi) is 2.79. The van der Waals surface area contributed by atoms with Crippen molar-refractivity contribution in [2.75, 3.05) is 10.5 Å². The van der Waals surface area contributed by atoms with E-state index in [9.17, 15) is 8.42 Å². The normalized spacial score (nSPS) is 11.6. The molecule has 0 aliphatic rings. The van der Waals surface area contributed by atoms with E-state index in [1.165, 1.54) is 22.2 Å². The van der Waals surface area contributed by atoms with E-state index in [0.29, 0.717) is 5.13 Å². The van der Waals surface area contributed by atoms with Crippen LogP contribution >= 0.6 is 11.3 Å². The molecule has 3 N–H and O–H groups in total. The highest BCUT2D eigenvalue weighted by Gasteiger charge is 2.21. The summed E-state index contributed by atoms with van der Waals surface area (Å²) in [5.41, 5.74) is 6.27. The number of hydrogen-bond acceptors (Lipinski definition) is 6. The quantitative estimate of drug-likeness (QED) is 0.851. The number of nitrogens with zero attached hydrogens (tertiary/aromatic N) is 3. The van der Waals surface area contributed by atoms with Crippen molar-refractivity contribution in [3.05, 3.63) is 17.3 Å². The number of anilines is 2. The maximum absolute atomic E-state index is 12.0. The highest BCUT2D eigenvalue weighted by Crippen LogP contribution is 2.22. The minimum atomic E-state index is -3.72. The molecule has 2 heterocycles. The molecule has 0 radical (unpaired) electrons. The standard InChI is InChI=1S/C8H11N5O2S2/c1-5-4-16-8(10-5)12-17(14,15)6-3-13(2)11-7(6)9/h3-4H,1-2H3,(H2,9,11)(H,10,12). The molecule has 0 fully saturated rings. The van der Waals surface area contributed by atoms with Gasteiger partial charge < -0.3 is 5.73 Å². The van der Waals surface area contributed by atoms with E-state index in [4.69, 9.17) is 5.73 Å². The van der Waals surface area contributed by atoms with Crippen molar-refractivity contribution < 1.29 is 8.42 Å². The van der Waals surface area contributed by atoms with Crippen LogP contribution in [0.15, 0.2) is 16.5 Å². The molecule has 0 saturated heterocycles. The van der Waals surface area contributed by atoms with Gasteiger partial charge in [0.1, 0.15) is 4.90 Å². The predicted octanol–water partition coefficient (Wildman–Crippen LogP) is 0.568. The van der Waals surface area contributed by atoms with Crippen molar-refractivity contribution >= 4 is 32.3 Å². The van der Waals surface area contributed by atoms with Crippen LogP contribution in [0.4, 0.5) is 10.9 Å². The first kappa shape index (κ1) is 11.9. The zero-order valence-electron chi connectivity index (χ0n) is 9.21. The van der Waals surface area contributed by atoms with E-state index in [0.717, 1.165) is 5.69 Å². The van der Waals surface area contributed by atoms with Crippen LogP contribution in [-0.4, -0.2) is 23.2 Å². The molecular formula is C8H11N5O2S2. The van der Waals surface area contributed by atoms with Crippen molar-refractivity contribution in [3.63, 3.8) is 0 Å². The summed E-state index contributed by atoms with van der Waals surface area (Å²) >= 11 is 1.21. The number of aryl methyl sites for hydroxylation is 2. The van der Waals surface area contributed by atoms with Gasteiger partial charge in [0.15, 0.2) is 10.9 Å². The molecule has 9 heteroatoms. The van der Waals surface area contributed by atoms with Gasteiger partial charge in [-0.25, -0.2) is 13.4 Å². The molecular weight excluding hydrogens is 262 g/mol. The SMILES string of the molecule is Cc1csc(NS(=O)(=O)c2cn(C)nc2N)n1. The first-order valence-corrected chi connectivity index (χ1v) is 6.99. The lowest BCUT2D eigenvalue weighted by molar-refractivity contribution is 0.601. The summed E-state index contributed by atoms with van der Waals surface area (Å²) < 4.78 is 27.6. The van der Waals surface area contributed by atoms with Crippen LogP contribution in [0.25, 0.3) is 0 Å². The molecule has 0 atom stereocenters. The fraction of sp³-hybridized carbons (Fsp3) is 0.250. The fourth-order valence-electron chi connectivity index (χ4n) is 1.26. The lowest BCUT2D eigenvalue weighted by atomic mass is 10.6. The highest BCUT2D eigenvalue weighted by molar-refractivity contribution is 7.93. The van der Waals surface area contributed by atoms with Crippen molar-refractivity contribution in [2.45, 2.75) is 11.8 Å². The molecule has 2 aromatic heterocycles. The zero-order chi connectivity index (χ0) is 12.6. The van der Waals surface area contributed by atoms with Crippen molar-refractivity contribution in [1.29, 1.82) is 0 Å². The molecule has 2 aromatic rings. The van der Waals surface area contributed by atoms with E-state index in [1.54, 1.807) is 19.4 Å². The molecule has 0 aliphatic carbocycles. The van der Waals surface area contributed by atoms with E-state index >= 15 is 0 Å². The number of sulfonamides is 1. The Bertz CT molecular complexity index is 643. The lowest BCUT2D eigenvalue weighted by Crippen LogP contribution is -2.13. The van der Waals surface area contributed by atoms with E-state index in [2.05, 4.69) is 14.8 Å². The summed E-state index contributed by atoms with van der Waals surface area (Å²) in [5, 5.41) is 5.85. The Hall–Kier alpha value is -1.61. The Labute approximate surface area is 102 Å². The minimum Gasteiger partial charge on any atom is -0.381 e. The summed E-state index contributed by atoms with van der Waals surface area (Å²) in [6, 6.07) is 0. The molecule has 92 valence electrons. The van der Waals surface area contributed by atoms with E-state index in [1.807, 2.05) is 0 Å². The Morgan fingerprint density at radius 1 is 1.53 bits per heavy atom. The van der Waals surface area contributed by atoms with Crippen LogP contribution in [-0.2, 0) is 17.1 Å². The molecule has 0 amide bonds. The summed E-state index contributed by atoms with van der Waals surface area (Å²) in [5.74, 6) is -0.0340. The number of rotatable bonds is 3. The van der Waals surface area contributed by atoms with Crippen molar-refractivity contribution in [2.24, 2.45) is 7.05 Å². The van der Waals surface area contributed by atoms with Gasteiger partial charge in [0.25, 0.3) is 10.0 Å². The Morgan fingerprint density at radius 3 is 2.71 bits per heavy atom. The maximum Gasteiger partial charge on any atom is 0.268 e. The zero-order valence-corrected chi connectivity index (χ0v) is 10.8. The molecule has 0 unspecified atom stereocenters. The van der Waals surface area contributed by atoms with Gasteiger partial charge >= 0.3 is 0 Å². The summed E-state index contributed by atoms with van der Waals surface area (Å²) in [6.45, 7) is 1.78. The second-order valence-corrected chi connectivity index (χ2v) is 5.96. The van der Waals surface area contributed by atoms with Gasteiger partial charge in [0, 0.05) is 18.6 Å². The smallest absolute Gasteiger partial charge is 0.268 e. The molecule has 0 spiro atoms. The van der Waals surface area contributed by atoms with Crippen molar-refractivity contribution in [1.82, 2.24) is 14.8 Å². The van der Waals surface area contributed by atoms with Crippen LogP contribution in [0.5, 0.6) is 0 Å². The van der Waals surface area contributed by atoms with Crippen molar-refractivity contribution in [3.8, 4) is 0 Å². The van der Waals surface area contributed by atoms with Crippen LogP contribution in [0.2, 0.25) is 0 Å². The van der Waals surface area contributed by atoms with Gasteiger partial charge in [0.2, 0.25) is 0 Å². The summed E-state index contributed by atoms with van der Waals surface area (Å²) in [7, 11) is -2.12. The van der Waals surface area contributed by atoms with Gasteiger partial charge in [-0.2, -0.15) is 5.10 Å². The average Bonchev–Trinajstić information content (AvgIpc) is 2.72. The van der Waals surface area contributed by atoms with Gasteiger partial charge in [0.05, 0.1) is 5.69 Å². The lowest BCUT2D eigenvalue weighted by Gasteiger charge is -2.02. The van der Waals surface area contributed by atoms with E-state index in [-0.39, 0.29) is 10.7 Å². The maximum atomic E-state index is 12.0. The van der Waals surface area contributed by atoms with Gasteiger partial charge in [-0.05, 0) is 6.92 Å². The first-order valence-electron chi connectivity index (χ1n) is 4.62. The molecule has 0 aromatic carbocycles. The number of hydrogen-bond donors (Lipinski definition) is 2. The van der Waals surface area contributed by atoms with Crippen LogP contribution in [0, 0.1) is 6.92 Å². The van der Waals surface area contributed by atoms with Gasteiger partial charge in [-0.15, -0.1) is 11.3 Å². The number of aromatic nitrogens is 3. The molecule has 2 rings (SSSR count). The third-order valence-electron chi connectivity index (χ3n) is 1.95. The molecule has 0 aliphatic heterocycles. The molecule has 17 heavy (non-hydrogen) atoms. The number of thiazole rings is 1. The monoisotopic (exact) mass is 273 g/mol. The van der Waals surface area contributed by atoms with Crippen LogP contribution in [0.3, 0.4) is 0 Å².